The molecule has 0 saturated carbocycles. The number of methoxy groups -OCH3 is 2. The van der Waals surface area contributed by atoms with Gasteiger partial charge in [0.2, 0.25) is 0 Å². The summed E-state index contributed by atoms with van der Waals surface area (Å²) in [4.78, 5) is 38.0. The van der Waals surface area contributed by atoms with E-state index in [-0.39, 0.29) is 12.2 Å². The number of hydrogen-bond acceptors (Lipinski definition) is 7. The van der Waals surface area contributed by atoms with Gasteiger partial charge < -0.3 is 19.5 Å². The van der Waals surface area contributed by atoms with E-state index in [1.165, 1.54) is 25.8 Å². The topological polar surface area (TPSA) is 101 Å². The molecule has 9 heteroatoms. The van der Waals surface area contributed by atoms with Crippen LogP contribution in [0.4, 0.5) is 5.82 Å². The van der Waals surface area contributed by atoms with Crippen molar-refractivity contribution in [1.29, 1.82) is 0 Å². The molecule has 9 nitrogen and oxygen atoms in total. The molecule has 0 aliphatic carbocycles. The number of carbonyl (C=O) groups is 1. The lowest BCUT2D eigenvalue weighted by Gasteiger charge is -2.29. The predicted octanol–water partition coefficient (Wildman–Crippen LogP) is 0.469. The molecule has 0 radical (unpaired) electrons. The van der Waals surface area contributed by atoms with E-state index in [2.05, 4.69) is 5.32 Å². The van der Waals surface area contributed by atoms with Crippen LogP contribution < -0.4 is 26.0 Å². The first-order valence-electron chi connectivity index (χ1n) is 8.58. The zero-order chi connectivity index (χ0) is 20.2. The van der Waals surface area contributed by atoms with Gasteiger partial charge in [-0.1, -0.05) is 0 Å². The van der Waals surface area contributed by atoms with Crippen molar-refractivity contribution in [3.63, 3.8) is 0 Å². The van der Waals surface area contributed by atoms with Crippen molar-refractivity contribution in [1.82, 2.24) is 9.13 Å². The quantitative estimate of drug-likeness (QED) is 0.767. The van der Waals surface area contributed by atoms with Gasteiger partial charge in [0.25, 0.3) is 5.56 Å². The van der Waals surface area contributed by atoms with E-state index in [1.807, 2.05) is 0 Å². The summed E-state index contributed by atoms with van der Waals surface area (Å²) >= 11 is 0. The van der Waals surface area contributed by atoms with Gasteiger partial charge in [0.1, 0.15) is 23.9 Å². The number of fused-ring (bicyclic) bond motifs is 1. The molecular formula is C19H19N3O6. The third-order valence-electron chi connectivity index (χ3n) is 5.19. The molecule has 0 unspecified atom stereocenters. The Morgan fingerprint density at radius 3 is 2.54 bits per heavy atom. The summed E-state index contributed by atoms with van der Waals surface area (Å²) in [5, 5.41) is 3.04. The maximum absolute atomic E-state index is 13.1. The molecule has 1 aromatic heterocycles. The smallest absolute Gasteiger partial charge is 0.337 e. The van der Waals surface area contributed by atoms with Crippen LogP contribution in [0.3, 0.4) is 0 Å². The number of anilines is 1. The molecule has 28 heavy (non-hydrogen) atoms. The monoisotopic (exact) mass is 385 g/mol. The number of rotatable bonds is 3. The summed E-state index contributed by atoms with van der Waals surface area (Å²) in [5.74, 6) is 0.0860. The highest BCUT2D eigenvalue weighted by Crippen LogP contribution is 2.45. The second kappa shape index (κ2) is 6.29. The molecule has 0 bridgehead atoms. The number of ether oxygens (including phenoxy) is 3. The fourth-order valence-corrected chi connectivity index (χ4v) is 3.76. The molecule has 4 rings (SSSR count). The Balaban J connectivity index is 2.11. The zero-order valence-electron chi connectivity index (χ0n) is 15.9. The molecule has 0 amide bonds. The first-order valence-corrected chi connectivity index (χ1v) is 8.58. The minimum atomic E-state index is -0.767. The molecule has 146 valence electrons. The molecule has 3 heterocycles. The third kappa shape index (κ3) is 2.35. The SMILES string of the molecule is COc1ccc(OC)c([C@@H]2C3=C(COC3=O)Nc3c2c(=O)n(C)c(=O)n3C)c1. The van der Waals surface area contributed by atoms with Crippen molar-refractivity contribution >= 4 is 11.8 Å². The summed E-state index contributed by atoms with van der Waals surface area (Å²) in [6, 6.07) is 5.16. The summed E-state index contributed by atoms with van der Waals surface area (Å²) in [5.41, 5.74) is 0.736. The average molecular weight is 385 g/mol. The maximum atomic E-state index is 13.1. The lowest BCUT2D eigenvalue weighted by atomic mass is 9.82. The Labute approximate surface area is 159 Å². The van der Waals surface area contributed by atoms with E-state index >= 15 is 0 Å². The fraction of sp³-hybridized carbons (Fsp3) is 0.316. The predicted molar refractivity (Wildman–Crippen MR) is 99.9 cm³/mol. The normalized spacial score (nSPS) is 17.6. The Kier molecular flexibility index (Phi) is 4.02. The number of carbonyl (C=O) groups excluding carboxylic acids is 1. The van der Waals surface area contributed by atoms with Gasteiger partial charge in [0.15, 0.2) is 0 Å². The molecule has 1 atom stereocenters. The molecule has 0 fully saturated rings. The molecule has 1 N–H and O–H groups in total. The molecular weight excluding hydrogens is 366 g/mol. The highest BCUT2D eigenvalue weighted by atomic mass is 16.5. The summed E-state index contributed by atoms with van der Waals surface area (Å²) in [6.45, 7) is 0.0415. The fourth-order valence-electron chi connectivity index (χ4n) is 3.76. The standard InChI is InChI=1S/C19H19N3O6/c1-21-16-15(17(23)22(2)19(21)25)13(14-11(20-16)8-28-18(14)24)10-7-9(26-3)5-6-12(10)27-4/h5-7,13,20H,8H2,1-4H3/t13-/m1/s1. The highest BCUT2D eigenvalue weighted by molar-refractivity contribution is 5.97. The van der Waals surface area contributed by atoms with Crippen molar-refractivity contribution in [3.8, 4) is 11.5 Å². The van der Waals surface area contributed by atoms with Crippen LogP contribution >= 0.6 is 0 Å². The largest absolute Gasteiger partial charge is 0.497 e. The van der Waals surface area contributed by atoms with Gasteiger partial charge in [-0.3, -0.25) is 13.9 Å². The molecule has 2 aliphatic heterocycles. The van der Waals surface area contributed by atoms with Crippen LogP contribution in [0.25, 0.3) is 0 Å². The van der Waals surface area contributed by atoms with Crippen LogP contribution in [0.2, 0.25) is 0 Å². The Morgan fingerprint density at radius 2 is 1.86 bits per heavy atom. The molecule has 2 aliphatic rings. The van der Waals surface area contributed by atoms with Crippen molar-refractivity contribution in [2.45, 2.75) is 5.92 Å². The average Bonchev–Trinajstić information content (AvgIpc) is 3.09. The Hall–Kier alpha value is -3.49. The van der Waals surface area contributed by atoms with Gasteiger partial charge in [-0.2, -0.15) is 0 Å². The van der Waals surface area contributed by atoms with E-state index in [9.17, 15) is 14.4 Å². The Morgan fingerprint density at radius 1 is 1.11 bits per heavy atom. The summed E-state index contributed by atoms with van der Waals surface area (Å²) in [7, 11) is 6.01. The van der Waals surface area contributed by atoms with E-state index in [4.69, 9.17) is 14.2 Å². The second-order valence-corrected chi connectivity index (χ2v) is 6.60. The minimum absolute atomic E-state index is 0.0415. The first kappa shape index (κ1) is 17.9. The molecule has 1 aromatic carbocycles. The van der Waals surface area contributed by atoms with Crippen molar-refractivity contribution < 1.29 is 19.0 Å². The molecule has 0 spiro atoms. The van der Waals surface area contributed by atoms with E-state index in [0.717, 1.165) is 4.57 Å². The lowest BCUT2D eigenvalue weighted by molar-refractivity contribution is -0.136. The van der Waals surface area contributed by atoms with Gasteiger partial charge in [-0.15, -0.1) is 0 Å². The van der Waals surface area contributed by atoms with Crippen LogP contribution in [-0.2, 0) is 23.6 Å². The number of esters is 1. The van der Waals surface area contributed by atoms with Crippen molar-refractivity contribution in [2.75, 3.05) is 26.1 Å². The van der Waals surface area contributed by atoms with Crippen LogP contribution in [0.1, 0.15) is 17.0 Å². The number of aromatic nitrogens is 2. The number of benzene rings is 1. The maximum Gasteiger partial charge on any atom is 0.337 e. The van der Waals surface area contributed by atoms with Crippen LogP contribution in [0, 0.1) is 0 Å². The van der Waals surface area contributed by atoms with E-state index in [0.29, 0.717) is 34.2 Å². The van der Waals surface area contributed by atoms with Gasteiger partial charge in [0.05, 0.1) is 37.0 Å². The highest BCUT2D eigenvalue weighted by Gasteiger charge is 2.42. The van der Waals surface area contributed by atoms with Gasteiger partial charge in [0, 0.05) is 19.7 Å². The summed E-state index contributed by atoms with van der Waals surface area (Å²) in [6.07, 6.45) is 0. The van der Waals surface area contributed by atoms with E-state index < -0.39 is 23.1 Å². The summed E-state index contributed by atoms with van der Waals surface area (Å²) < 4.78 is 18.4. The number of cyclic esters (lactones) is 1. The Bertz CT molecular complexity index is 1160. The van der Waals surface area contributed by atoms with E-state index in [1.54, 1.807) is 25.2 Å². The number of nitrogens with zero attached hydrogens (tertiary/aromatic N) is 2. The van der Waals surface area contributed by atoms with Crippen LogP contribution in [0.5, 0.6) is 11.5 Å². The van der Waals surface area contributed by atoms with Crippen molar-refractivity contribution in [2.24, 2.45) is 14.1 Å². The minimum Gasteiger partial charge on any atom is -0.497 e. The van der Waals surface area contributed by atoms with Gasteiger partial charge >= 0.3 is 11.7 Å². The van der Waals surface area contributed by atoms with Crippen LogP contribution in [-0.4, -0.2) is 35.9 Å². The lowest BCUT2D eigenvalue weighted by Crippen LogP contribution is -2.43. The number of nitrogens with one attached hydrogen (secondary N) is 1. The molecule has 0 saturated heterocycles. The third-order valence-corrected chi connectivity index (χ3v) is 5.19. The van der Waals surface area contributed by atoms with Crippen molar-refractivity contribution in [3.05, 3.63) is 61.4 Å². The number of hydrogen-bond donors (Lipinski definition) is 1. The van der Waals surface area contributed by atoms with Crippen LogP contribution in [0.15, 0.2) is 39.1 Å². The second-order valence-electron chi connectivity index (χ2n) is 6.60. The van der Waals surface area contributed by atoms with Gasteiger partial charge in [-0.25, -0.2) is 9.59 Å². The van der Waals surface area contributed by atoms with Gasteiger partial charge in [-0.05, 0) is 18.2 Å². The zero-order valence-corrected chi connectivity index (χ0v) is 15.9. The molecule has 2 aromatic rings. The first-order chi connectivity index (χ1) is 13.4.